The largest absolute Gasteiger partial charge is 0.508 e. The highest BCUT2D eigenvalue weighted by Crippen LogP contribution is 2.34. The third kappa shape index (κ3) is 4.69. The van der Waals surface area contributed by atoms with Crippen LogP contribution in [0.1, 0.15) is 35.4 Å². The van der Waals surface area contributed by atoms with Crippen LogP contribution < -0.4 is 0 Å². The van der Waals surface area contributed by atoms with Gasteiger partial charge in [-0.1, -0.05) is 24.3 Å². The lowest BCUT2D eigenvalue weighted by Crippen LogP contribution is -2.49. The molecular weight excluding hydrogens is 412 g/mol. The molecule has 0 unspecified atom stereocenters. The molecule has 0 radical (unpaired) electrons. The van der Waals surface area contributed by atoms with Crippen molar-refractivity contribution < 1.29 is 27.5 Å². The van der Waals surface area contributed by atoms with Gasteiger partial charge in [0.2, 0.25) is 5.91 Å². The molecule has 3 atom stereocenters. The average Bonchev–Trinajstić information content (AvgIpc) is 3.09. The van der Waals surface area contributed by atoms with E-state index in [-0.39, 0.29) is 30.7 Å². The molecule has 0 bridgehead atoms. The predicted molar refractivity (Wildman–Crippen MR) is 107 cm³/mol. The summed E-state index contributed by atoms with van der Waals surface area (Å²) in [4.78, 5) is 16.4. The van der Waals surface area contributed by atoms with Crippen LogP contribution in [0.4, 0.5) is 17.6 Å². The second-order valence-electron chi connectivity index (χ2n) is 8.26. The van der Waals surface area contributed by atoms with E-state index < -0.39 is 24.0 Å². The Balaban J connectivity index is 1.35. The lowest BCUT2D eigenvalue weighted by atomic mass is 9.87. The second-order valence-corrected chi connectivity index (χ2v) is 8.26. The lowest BCUT2D eigenvalue weighted by molar-refractivity contribution is -0.137. The maximum absolute atomic E-state index is 14.9. The normalized spacial score (nSPS) is 25.2. The van der Waals surface area contributed by atoms with Crippen molar-refractivity contribution in [2.24, 2.45) is 0 Å². The summed E-state index contributed by atoms with van der Waals surface area (Å²) in [5.74, 6) is -0.229. The number of alkyl halides is 4. The first kappa shape index (κ1) is 21.6. The van der Waals surface area contributed by atoms with Crippen LogP contribution in [-0.4, -0.2) is 52.7 Å². The number of nitrogens with zero attached hydrogens (tertiary/aromatic N) is 2. The van der Waals surface area contributed by atoms with Gasteiger partial charge >= 0.3 is 6.18 Å². The number of hydrogen-bond donors (Lipinski definition) is 1. The van der Waals surface area contributed by atoms with Crippen LogP contribution >= 0.6 is 0 Å². The number of phenolic OH excluding ortho intramolecular Hbond substituents is 1. The minimum Gasteiger partial charge on any atom is -0.508 e. The van der Waals surface area contributed by atoms with Crippen molar-refractivity contribution >= 4 is 5.91 Å². The van der Waals surface area contributed by atoms with Crippen molar-refractivity contribution in [1.29, 1.82) is 0 Å². The fourth-order valence-electron chi connectivity index (χ4n) is 4.55. The Bertz CT molecular complexity index is 915. The van der Waals surface area contributed by atoms with Crippen LogP contribution in [0.2, 0.25) is 0 Å². The van der Waals surface area contributed by atoms with E-state index in [2.05, 4.69) is 0 Å². The molecule has 2 aliphatic rings. The number of carbonyl (C=O) groups is 1. The third-order valence-electron chi connectivity index (χ3n) is 6.26. The Hall–Kier alpha value is -2.61. The summed E-state index contributed by atoms with van der Waals surface area (Å²) in [6.07, 6.45) is -4.34. The fraction of sp³-hybridized carbons (Fsp3) is 0.435. The molecule has 1 N–H and O–H groups in total. The van der Waals surface area contributed by atoms with Gasteiger partial charge in [0, 0.05) is 25.6 Å². The Morgan fingerprint density at radius 1 is 0.968 bits per heavy atom. The molecule has 31 heavy (non-hydrogen) atoms. The molecule has 0 saturated carbocycles. The number of halogens is 4. The SMILES string of the molecule is O=C1[C@@H](N2CC[C@H](c3ccc(O)cc3)[C@@H](F)C2)CCN1Cc1ccc(C(F)(F)F)cc1. The van der Waals surface area contributed by atoms with Gasteiger partial charge in [0.05, 0.1) is 11.6 Å². The maximum atomic E-state index is 14.9. The first-order valence-electron chi connectivity index (χ1n) is 10.3. The van der Waals surface area contributed by atoms with E-state index in [0.717, 1.165) is 17.7 Å². The number of carbonyl (C=O) groups excluding carboxylic acids is 1. The number of phenols is 1. The van der Waals surface area contributed by atoms with Crippen molar-refractivity contribution in [1.82, 2.24) is 9.80 Å². The van der Waals surface area contributed by atoms with Gasteiger partial charge < -0.3 is 10.0 Å². The number of piperidine rings is 1. The zero-order chi connectivity index (χ0) is 22.2. The molecule has 4 nitrogen and oxygen atoms in total. The predicted octanol–water partition coefficient (Wildman–Crippen LogP) is 4.34. The van der Waals surface area contributed by atoms with Gasteiger partial charge in [0.25, 0.3) is 0 Å². The van der Waals surface area contributed by atoms with Crippen LogP contribution in [-0.2, 0) is 17.5 Å². The quantitative estimate of drug-likeness (QED) is 0.726. The summed E-state index contributed by atoms with van der Waals surface area (Å²) in [5.41, 5.74) is 0.760. The number of hydrogen-bond acceptors (Lipinski definition) is 3. The number of amides is 1. The summed E-state index contributed by atoms with van der Waals surface area (Å²) in [6, 6.07) is 11.0. The first-order valence-corrected chi connectivity index (χ1v) is 10.3. The highest BCUT2D eigenvalue weighted by molar-refractivity contribution is 5.84. The van der Waals surface area contributed by atoms with E-state index in [4.69, 9.17) is 0 Å². The Morgan fingerprint density at radius 3 is 2.26 bits per heavy atom. The Labute approximate surface area is 178 Å². The molecule has 2 heterocycles. The van der Waals surface area contributed by atoms with E-state index in [1.165, 1.54) is 12.1 Å². The molecule has 4 rings (SSSR count). The van der Waals surface area contributed by atoms with E-state index in [1.807, 2.05) is 4.90 Å². The van der Waals surface area contributed by atoms with Crippen LogP contribution in [0.25, 0.3) is 0 Å². The summed E-state index contributed by atoms with van der Waals surface area (Å²) in [6.45, 7) is 1.50. The Morgan fingerprint density at radius 2 is 1.65 bits per heavy atom. The van der Waals surface area contributed by atoms with E-state index in [9.17, 15) is 27.5 Å². The summed E-state index contributed by atoms with van der Waals surface area (Å²) < 4.78 is 53.1. The minimum absolute atomic E-state index is 0.102. The molecule has 2 aliphatic heterocycles. The molecule has 166 valence electrons. The summed E-state index contributed by atoms with van der Waals surface area (Å²) in [7, 11) is 0. The van der Waals surface area contributed by atoms with Crippen molar-refractivity contribution in [3.05, 3.63) is 65.2 Å². The molecule has 2 saturated heterocycles. The maximum Gasteiger partial charge on any atom is 0.416 e. The number of rotatable bonds is 4. The summed E-state index contributed by atoms with van der Waals surface area (Å²) in [5, 5.41) is 9.42. The fourth-order valence-corrected chi connectivity index (χ4v) is 4.55. The Kier molecular flexibility index (Phi) is 5.92. The highest BCUT2D eigenvalue weighted by Gasteiger charge is 2.40. The summed E-state index contributed by atoms with van der Waals surface area (Å²) >= 11 is 0. The van der Waals surface area contributed by atoms with Gasteiger partial charge in [-0.2, -0.15) is 13.2 Å². The van der Waals surface area contributed by atoms with Gasteiger partial charge in [-0.15, -0.1) is 0 Å². The van der Waals surface area contributed by atoms with Crippen molar-refractivity contribution in [3.63, 3.8) is 0 Å². The van der Waals surface area contributed by atoms with Crippen LogP contribution in [0.5, 0.6) is 5.75 Å². The number of likely N-dealkylation sites (tertiary alicyclic amines) is 2. The smallest absolute Gasteiger partial charge is 0.416 e. The zero-order valence-corrected chi connectivity index (χ0v) is 16.9. The molecule has 8 heteroatoms. The van der Waals surface area contributed by atoms with E-state index >= 15 is 0 Å². The molecule has 0 aromatic heterocycles. The zero-order valence-electron chi connectivity index (χ0n) is 16.9. The van der Waals surface area contributed by atoms with Crippen molar-refractivity contribution in [2.45, 2.75) is 43.7 Å². The van der Waals surface area contributed by atoms with Gasteiger partial charge in [0.1, 0.15) is 11.9 Å². The lowest BCUT2D eigenvalue weighted by Gasteiger charge is -2.37. The molecule has 2 aromatic carbocycles. The van der Waals surface area contributed by atoms with Gasteiger partial charge in [-0.3, -0.25) is 9.69 Å². The van der Waals surface area contributed by atoms with Gasteiger partial charge in [-0.05, 0) is 54.8 Å². The monoisotopic (exact) mass is 436 g/mol. The van der Waals surface area contributed by atoms with Crippen LogP contribution in [0.3, 0.4) is 0 Å². The second kappa shape index (κ2) is 8.49. The van der Waals surface area contributed by atoms with Crippen LogP contribution in [0.15, 0.2) is 48.5 Å². The van der Waals surface area contributed by atoms with Crippen molar-refractivity contribution in [3.8, 4) is 5.75 Å². The van der Waals surface area contributed by atoms with Crippen molar-refractivity contribution in [2.75, 3.05) is 19.6 Å². The number of benzene rings is 2. The third-order valence-corrected chi connectivity index (χ3v) is 6.26. The molecular formula is C23H24F4N2O2. The molecule has 0 spiro atoms. The molecule has 1 amide bonds. The molecule has 0 aliphatic carbocycles. The first-order chi connectivity index (χ1) is 14.7. The minimum atomic E-state index is -4.39. The van der Waals surface area contributed by atoms with Gasteiger partial charge in [-0.25, -0.2) is 4.39 Å². The van der Waals surface area contributed by atoms with E-state index in [1.54, 1.807) is 29.2 Å². The topological polar surface area (TPSA) is 43.8 Å². The number of aromatic hydroxyl groups is 1. The standard InChI is InChI=1S/C23H24F4N2O2/c24-20-14-28(11-9-19(20)16-3-7-18(30)8-4-16)21-10-12-29(22(21)31)13-15-1-5-17(6-2-15)23(25,26)27/h1-8,19-21,30H,9-14H2/t19-,20+,21+/m1/s1. The van der Waals surface area contributed by atoms with Gasteiger partial charge in [0.15, 0.2) is 0 Å². The molecule has 2 fully saturated rings. The average molecular weight is 436 g/mol. The highest BCUT2D eigenvalue weighted by atomic mass is 19.4. The molecule has 2 aromatic rings. The van der Waals surface area contributed by atoms with E-state index in [0.29, 0.717) is 31.5 Å². The van der Waals surface area contributed by atoms with Crippen LogP contribution in [0, 0.1) is 0 Å².